The van der Waals surface area contributed by atoms with E-state index in [-0.39, 0.29) is 11.9 Å². The monoisotopic (exact) mass is 260 g/mol. The molecule has 2 rings (SSSR count). The van der Waals surface area contributed by atoms with Crippen LogP contribution in [0, 0.1) is 6.92 Å². The molecule has 0 spiro atoms. The van der Waals surface area contributed by atoms with Crippen LogP contribution in [0.5, 0.6) is 0 Å². The van der Waals surface area contributed by atoms with Crippen LogP contribution < -0.4 is 11.1 Å². The molecule has 0 heterocycles. The van der Waals surface area contributed by atoms with E-state index in [2.05, 4.69) is 5.32 Å². The van der Waals surface area contributed by atoms with Crippen molar-refractivity contribution in [2.75, 3.05) is 0 Å². The van der Waals surface area contributed by atoms with Gasteiger partial charge in [-0.05, 0) is 30.9 Å². The zero-order valence-corrected chi connectivity index (χ0v) is 11.7. The van der Waals surface area contributed by atoms with Gasteiger partial charge < -0.3 is 11.1 Å². The number of carbonyl (C=O) groups excluding carboxylic acids is 1. The van der Waals surface area contributed by atoms with Crippen molar-refractivity contribution in [2.24, 2.45) is 5.73 Å². The molecule has 3 heteroatoms. The summed E-state index contributed by atoms with van der Waals surface area (Å²) in [6.45, 7) is 2.04. The number of hydrogen-bond donors (Lipinski definition) is 2. The van der Waals surface area contributed by atoms with Crippen molar-refractivity contribution in [2.45, 2.75) is 57.5 Å². The summed E-state index contributed by atoms with van der Waals surface area (Å²) in [5.74, 6) is 0.0858. The minimum atomic E-state index is -0.204. The third-order valence-electron chi connectivity index (χ3n) is 3.96. The van der Waals surface area contributed by atoms with Gasteiger partial charge in [0.25, 0.3) is 0 Å². The maximum absolute atomic E-state index is 12.0. The smallest absolute Gasteiger partial charge is 0.222 e. The van der Waals surface area contributed by atoms with E-state index >= 15 is 0 Å². The van der Waals surface area contributed by atoms with Crippen molar-refractivity contribution >= 4 is 5.91 Å². The van der Waals surface area contributed by atoms with Crippen LogP contribution in [0.25, 0.3) is 0 Å². The first-order valence-corrected chi connectivity index (χ1v) is 7.27. The Hall–Kier alpha value is -1.35. The number of aryl methyl sites for hydroxylation is 1. The molecular weight excluding hydrogens is 236 g/mol. The Bertz CT molecular complexity index is 425. The molecule has 1 aliphatic rings. The van der Waals surface area contributed by atoms with E-state index in [0.717, 1.165) is 24.0 Å². The molecule has 1 aliphatic carbocycles. The molecule has 0 saturated heterocycles. The quantitative estimate of drug-likeness (QED) is 0.874. The average Bonchev–Trinajstić information content (AvgIpc) is 2.40. The van der Waals surface area contributed by atoms with E-state index in [1.807, 2.05) is 31.2 Å². The van der Waals surface area contributed by atoms with Crippen molar-refractivity contribution in [1.82, 2.24) is 5.32 Å². The largest absolute Gasteiger partial charge is 0.353 e. The number of carbonyl (C=O) groups is 1. The van der Waals surface area contributed by atoms with Gasteiger partial charge in [-0.25, -0.2) is 0 Å². The first kappa shape index (κ1) is 14.1. The second kappa shape index (κ2) is 6.71. The maximum atomic E-state index is 12.0. The summed E-state index contributed by atoms with van der Waals surface area (Å²) in [6.07, 6.45) is 6.37. The Morgan fingerprint density at radius 3 is 2.68 bits per heavy atom. The molecule has 0 bridgehead atoms. The molecule has 0 unspecified atom stereocenters. The zero-order chi connectivity index (χ0) is 13.7. The van der Waals surface area contributed by atoms with Crippen molar-refractivity contribution in [3.63, 3.8) is 0 Å². The molecule has 19 heavy (non-hydrogen) atoms. The van der Waals surface area contributed by atoms with Crippen LogP contribution >= 0.6 is 0 Å². The van der Waals surface area contributed by atoms with Crippen LogP contribution in [0.3, 0.4) is 0 Å². The first-order chi connectivity index (χ1) is 9.16. The Balaban J connectivity index is 1.86. The molecule has 104 valence electrons. The van der Waals surface area contributed by atoms with Crippen molar-refractivity contribution in [1.29, 1.82) is 0 Å². The predicted molar refractivity (Wildman–Crippen MR) is 77.7 cm³/mol. The lowest BCUT2D eigenvalue weighted by atomic mass is 9.95. The molecule has 1 amide bonds. The van der Waals surface area contributed by atoms with Crippen molar-refractivity contribution in [3.8, 4) is 0 Å². The van der Waals surface area contributed by atoms with E-state index in [1.54, 1.807) is 0 Å². The van der Waals surface area contributed by atoms with Gasteiger partial charge in [0.15, 0.2) is 0 Å². The predicted octanol–water partition coefficient (Wildman–Crippen LogP) is 2.83. The third-order valence-corrected chi connectivity index (χ3v) is 3.96. The van der Waals surface area contributed by atoms with Gasteiger partial charge in [0.05, 0.1) is 0 Å². The molecule has 1 aromatic rings. The van der Waals surface area contributed by atoms with Crippen LogP contribution in [0.15, 0.2) is 24.3 Å². The summed E-state index contributed by atoms with van der Waals surface area (Å²) in [5.41, 5.74) is 8.36. The van der Waals surface area contributed by atoms with Gasteiger partial charge in [0.2, 0.25) is 5.91 Å². The Morgan fingerprint density at radius 2 is 2.00 bits per heavy atom. The fourth-order valence-corrected chi connectivity index (χ4v) is 2.85. The SMILES string of the molecule is Cc1ccccc1[C@@H](N)CC(=O)NC1CCCCC1. The molecule has 0 aliphatic heterocycles. The van der Waals surface area contributed by atoms with E-state index < -0.39 is 0 Å². The van der Waals surface area contributed by atoms with E-state index in [0.29, 0.717) is 12.5 Å². The van der Waals surface area contributed by atoms with Gasteiger partial charge in [0.1, 0.15) is 0 Å². The molecule has 3 nitrogen and oxygen atoms in total. The second-order valence-corrected chi connectivity index (χ2v) is 5.57. The number of amides is 1. The lowest BCUT2D eigenvalue weighted by Gasteiger charge is -2.23. The highest BCUT2D eigenvalue weighted by atomic mass is 16.1. The number of benzene rings is 1. The van der Waals surface area contributed by atoms with Gasteiger partial charge in [-0.3, -0.25) is 4.79 Å². The van der Waals surface area contributed by atoms with Crippen LogP contribution in [0.4, 0.5) is 0 Å². The summed E-state index contributed by atoms with van der Waals surface area (Å²) < 4.78 is 0. The fourth-order valence-electron chi connectivity index (χ4n) is 2.85. The molecule has 1 aromatic carbocycles. The summed E-state index contributed by atoms with van der Waals surface area (Å²) in [6, 6.07) is 8.17. The summed E-state index contributed by atoms with van der Waals surface area (Å²) in [4.78, 5) is 12.0. The summed E-state index contributed by atoms with van der Waals surface area (Å²) in [5, 5.41) is 3.12. The molecule has 0 aromatic heterocycles. The lowest BCUT2D eigenvalue weighted by Crippen LogP contribution is -2.37. The topological polar surface area (TPSA) is 55.1 Å². The zero-order valence-electron chi connectivity index (χ0n) is 11.7. The molecule has 1 atom stereocenters. The summed E-state index contributed by atoms with van der Waals surface area (Å²) in [7, 11) is 0. The second-order valence-electron chi connectivity index (χ2n) is 5.57. The Morgan fingerprint density at radius 1 is 1.32 bits per heavy atom. The van der Waals surface area contributed by atoms with Crippen molar-refractivity contribution < 1.29 is 4.79 Å². The number of hydrogen-bond acceptors (Lipinski definition) is 2. The first-order valence-electron chi connectivity index (χ1n) is 7.27. The van der Waals surface area contributed by atoms with E-state index in [4.69, 9.17) is 5.73 Å². The van der Waals surface area contributed by atoms with Crippen LogP contribution in [0.2, 0.25) is 0 Å². The third kappa shape index (κ3) is 4.06. The standard InChI is InChI=1S/C16H24N2O/c1-12-7-5-6-10-14(12)15(17)11-16(19)18-13-8-3-2-4-9-13/h5-7,10,13,15H,2-4,8-9,11,17H2,1H3,(H,18,19)/t15-/m0/s1. The van der Waals surface area contributed by atoms with Gasteiger partial charge in [-0.15, -0.1) is 0 Å². The number of nitrogens with two attached hydrogens (primary N) is 1. The molecule has 3 N–H and O–H groups in total. The maximum Gasteiger partial charge on any atom is 0.222 e. The van der Waals surface area contributed by atoms with Gasteiger partial charge in [-0.1, -0.05) is 43.5 Å². The van der Waals surface area contributed by atoms with Crippen LogP contribution in [-0.2, 0) is 4.79 Å². The van der Waals surface area contributed by atoms with Gasteiger partial charge in [0, 0.05) is 18.5 Å². The minimum absolute atomic E-state index is 0.0858. The van der Waals surface area contributed by atoms with Crippen LogP contribution in [0.1, 0.15) is 55.7 Å². The highest BCUT2D eigenvalue weighted by Crippen LogP contribution is 2.20. The fraction of sp³-hybridized carbons (Fsp3) is 0.562. The van der Waals surface area contributed by atoms with Crippen LogP contribution in [-0.4, -0.2) is 11.9 Å². The Labute approximate surface area is 115 Å². The molecule has 0 radical (unpaired) electrons. The lowest BCUT2D eigenvalue weighted by molar-refractivity contribution is -0.122. The normalized spacial score (nSPS) is 18.0. The summed E-state index contributed by atoms with van der Waals surface area (Å²) >= 11 is 0. The van der Waals surface area contributed by atoms with E-state index in [1.165, 1.54) is 19.3 Å². The number of rotatable bonds is 4. The number of nitrogens with one attached hydrogen (secondary N) is 1. The van der Waals surface area contributed by atoms with E-state index in [9.17, 15) is 4.79 Å². The molecule has 1 fully saturated rings. The Kier molecular flexibility index (Phi) is 4.97. The van der Waals surface area contributed by atoms with Gasteiger partial charge in [-0.2, -0.15) is 0 Å². The van der Waals surface area contributed by atoms with Gasteiger partial charge >= 0.3 is 0 Å². The highest BCUT2D eigenvalue weighted by Gasteiger charge is 2.18. The average molecular weight is 260 g/mol. The highest BCUT2D eigenvalue weighted by molar-refractivity contribution is 5.77. The van der Waals surface area contributed by atoms with Crippen molar-refractivity contribution in [3.05, 3.63) is 35.4 Å². The minimum Gasteiger partial charge on any atom is -0.353 e. The molecular formula is C16H24N2O. The molecule has 1 saturated carbocycles.